The Labute approximate surface area is 112 Å². The number of benzene rings is 1. The fourth-order valence-corrected chi connectivity index (χ4v) is 1.18. The molecule has 0 fully saturated rings. The summed E-state index contributed by atoms with van der Waals surface area (Å²) in [6, 6.07) is 1.94. The topological polar surface area (TPSA) is 151 Å². The van der Waals surface area contributed by atoms with Crippen LogP contribution in [0, 0.1) is 20.2 Å². The van der Waals surface area contributed by atoms with Crippen LogP contribution >= 0.6 is 0 Å². The number of carboxylic acids is 1. The number of hydrogen-bond acceptors (Lipinski definition) is 8. The van der Waals surface area contributed by atoms with Crippen LogP contribution in [0.25, 0.3) is 0 Å². The molecule has 0 saturated heterocycles. The van der Waals surface area contributed by atoms with E-state index in [1.54, 1.807) is 0 Å². The lowest BCUT2D eigenvalue weighted by Gasteiger charge is -2.10. The Morgan fingerprint density at radius 2 is 2.00 bits per heavy atom. The SMILES string of the molecule is CC(NN=Cc1ccc([N+](=O)[O-])cc1[N+](=O)[O-])C(=O)[O-]. The van der Waals surface area contributed by atoms with Gasteiger partial charge in [0.05, 0.1) is 39.7 Å². The molecular weight excluding hydrogens is 272 g/mol. The first kappa shape index (κ1) is 15.0. The number of carbonyl (C=O) groups excluding carboxylic acids is 1. The summed E-state index contributed by atoms with van der Waals surface area (Å²) in [7, 11) is 0. The fraction of sp³-hybridized carbons (Fsp3) is 0.200. The molecule has 0 aromatic heterocycles. The average Bonchev–Trinajstić information content (AvgIpc) is 2.38. The predicted octanol–water partition coefficient (Wildman–Crippen LogP) is -0.435. The van der Waals surface area contributed by atoms with Crippen LogP contribution in [-0.2, 0) is 4.79 Å². The Balaban J connectivity index is 3.00. The van der Waals surface area contributed by atoms with E-state index in [9.17, 15) is 30.1 Å². The van der Waals surface area contributed by atoms with Crippen molar-refractivity contribution in [1.82, 2.24) is 5.43 Å². The van der Waals surface area contributed by atoms with E-state index in [4.69, 9.17) is 0 Å². The molecule has 10 nitrogen and oxygen atoms in total. The Morgan fingerprint density at radius 1 is 1.35 bits per heavy atom. The molecule has 1 aromatic carbocycles. The highest BCUT2D eigenvalue weighted by Gasteiger charge is 2.18. The Morgan fingerprint density at radius 3 is 2.50 bits per heavy atom. The molecule has 1 unspecified atom stereocenters. The van der Waals surface area contributed by atoms with Gasteiger partial charge in [0.25, 0.3) is 11.4 Å². The van der Waals surface area contributed by atoms with Crippen LogP contribution < -0.4 is 10.5 Å². The van der Waals surface area contributed by atoms with Crippen molar-refractivity contribution in [1.29, 1.82) is 0 Å². The van der Waals surface area contributed by atoms with Crippen molar-refractivity contribution in [2.45, 2.75) is 13.0 Å². The van der Waals surface area contributed by atoms with Crippen molar-refractivity contribution >= 4 is 23.6 Å². The van der Waals surface area contributed by atoms with Gasteiger partial charge in [0, 0.05) is 6.07 Å². The number of non-ortho nitro benzene ring substituents is 1. The van der Waals surface area contributed by atoms with Crippen LogP contribution in [0.1, 0.15) is 12.5 Å². The molecule has 1 N–H and O–H groups in total. The van der Waals surface area contributed by atoms with Gasteiger partial charge in [-0.25, -0.2) is 0 Å². The van der Waals surface area contributed by atoms with E-state index in [0.717, 1.165) is 24.4 Å². The summed E-state index contributed by atoms with van der Waals surface area (Å²) in [5.74, 6) is -1.39. The van der Waals surface area contributed by atoms with Gasteiger partial charge in [-0.05, 0) is 13.0 Å². The summed E-state index contributed by atoms with van der Waals surface area (Å²) in [5, 5.41) is 35.2. The number of nitro benzene ring substituents is 2. The quantitative estimate of drug-likeness (QED) is 0.421. The number of hydrazone groups is 1. The van der Waals surface area contributed by atoms with E-state index in [0.29, 0.717) is 0 Å². The zero-order valence-corrected chi connectivity index (χ0v) is 10.2. The molecule has 0 spiro atoms. The van der Waals surface area contributed by atoms with Crippen molar-refractivity contribution in [3.05, 3.63) is 44.0 Å². The molecule has 0 saturated carbocycles. The van der Waals surface area contributed by atoms with Gasteiger partial charge in [0.15, 0.2) is 0 Å². The zero-order chi connectivity index (χ0) is 15.3. The van der Waals surface area contributed by atoms with Crippen LogP contribution in [-0.4, -0.2) is 28.1 Å². The van der Waals surface area contributed by atoms with E-state index < -0.39 is 33.2 Å². The van der Waals surface area contributed by atoms with Crippen molar-refractivity contribution in [2.24, 2.45) is 5.10 Å². The smallest absolute Gasteiger partial charge is 0.285 e. The Kier molecular flexibility index (Phi) is 4.67. The summed E-state index contributed by atoms with van der Waals surface area (Å²) in [6.07, 6.45) is 1.00. The highest BCUT2D eigenvalue weighted by atomic mass is 16.6. The van der Waals surface area contributed by atoms with Gasteiger partial charge in [-0.3, -0.25) is 20.2 Å². The van der Waals surface area contributed by atoms with Crippen LogP contribution in [0.3, 0.4) is 0 Å². The van der Waals surface area contributed by atoms with E-state index in [-0.39, 0.29) is 5.56 Å². The first-order chi connectivity index (χ1) is 9.32. The molecule has 1 atom stereocenters. The van der Waals surface area contributed by atoms with Gasteiger partial charge in [-0.2, -0.15) is 5.10 Å². The number of nitrogens with zero attached hydrogens (tertiary/aromatic N) is 3. The van der Waals surface area contributed by atoms with Crippen LogP contribution in [0.5, 0.6) is 0 Å². The number of rotatable bonds is 6. The molecule has 1 rings (SSSR count). The predicted molar refractivity (Wildman–Crippen MR) is 64.9 cm³/mol. The third-order valence-corrected chi connectivity index (χ3v) is 2.25. The van der Waals surface area contributed by atoms with Crippen molar-refractivity contribution in [3.8, 4) is 0 Å². The molecule has 106 valence electrons. The van der Waals surface area contributed by atoms with Gasteiger partial charge in [-0.15, -0.1) is 0 Å². The minimum absolute atomic E-state index is 0.00125. The van der Waals surface area contributed by atoms with Crippen LogP contribution in [0.2, 0.25) is 0 Å². The summed E-state index contributed by atoms with van der Waals surface area (Å²) in [5.41, 5.74) is 1.25. The number of nitro groups is 2. The van der Waals surface area contributed by atoms with E-state index in [2.05, 4.69) is 10.5 Å². The molecule has 0 aliphatic heterocycles. The van der Waals surface area contributed by atoms with Gasteiger partial charge in [0.2, 0.25) is 0 Å². The molecule has 0 aliphatic rings. The first-order valence-electron chi connectivity index (χ1n) is 5.25. The van der Waals surface area contributed by atoms with Gasteiger partial charge in [-0.1, -0.05) is 0 Å². The maximum atomic E-state index is 10.8. The average molecular weight is 281 g/mol. The third-order valence-electron chi connectivity index (χ3n) is 2.25. The summed E-state index contributed by atoms with van der Waals surface area (Å²) < 4.78 is 0. The lowest BCUT2D eigenvalue weighted by Crippen LogP contribution is -2.41. The van der Waals surface area contributed by atoms with Crippen molar-refractivity contribution in [2.75, 3.05) is 0 Å². The first-order valence-corrected chi connectivity index (χ1v) is 5.25. The second kappa shape index (κ2) is 6.22. The molecule has 20 heavy (non-hydrogen) atoms. The second-order valence-corrected chi connectivity index (χ2v) is 3.69. The minimum Gasteiger partial charge on any atom is -0.548 e. The molecular formula is C10H9N4O6-. The number of carbonyl (C=O) groups is 1. The lowest BCUT2D eigenvalue weighted by atomic mass is 10.2. The number of aliphatic carboxylic acids is 1. The van der Waals surface area contributed by atoms with Gasteiger partial charge >= 0.3 is 0 Å². The molecule has 0 bridgehead atoms. The van der Waals surface area contributed by atoms with Gasteiger partial charge < -0.3 is 15.3 Å². The normalized spacial score (nSPS) is 12.1. The number of hydrogen-bond donors (Lipinski definition) is 1. The van der Waals surface area contributed by atoms with Crippen molar-refractivity contribution in [3.63, 3.8) is 0 Å². The monoisotopic (exact) mass is 281 g/mol. The maximum absolute atomic E-state index is 10.8. The maximum Gasteiger partial charge on any atom is 0.285 e. The number of carboxylic acid groups (broad SMARTS) is 1. The molecule has 10 heteroatoms. The second-order valence-electron chi connectivity index (χ2n) is 3.69. The Hall–Kier alpha value is -3.04. The van der Waals surface area contributed by atoms with Crippen LogP contribution in [0.15, 0.2) is 23.3 Å². The fourth-order valence-electron chi connectivity index (χ4n) is 1.18. The zero-order valence-electron chi connectivity index (χ0n) is 10.2. The molecule has 0 amide bonds. The molecule has 0 radical (unpaired) electrons. The lowest BCUT2D eigenvalue weighted by molar-refractivity contribution is -0.394. The summed E-state index contributed by atoms with van der Waals surface area (Å²) in [4.78, 5) is 30.2. The molecule has 0 heterocycles. The number of nitrogens with one attached hydrogen (secondary N) is 1. The largest absolute Gasteiger partial charge is 0.548 e. The standard InChI is InChI=1S/C10H10N4O6/c1-6(10(15)16)12-11-5-7-2-3-8(13(17)18)4-9(7)14(19)20/h2-6,12H,1H3,(H,15,16)/p-1. The minimum atomic E-state index is -1.39. The molecule has 1 aromatic rings. The van der Waals surface area contributed by atoms with E-state index in [1.165, 1.54) is 6.92 Å². The van der Waals surface area contributed by atoms with E-state index in [1.807, 2.05) is 0 Å². The van der Waals surface area contributed by atoms with Gasteiger partial charge in [0.1, 0.15) is 0 Å². The Bertz CT molecular complexity index is 585. The molecule has 0 aliphatic carbocycles. The van der Waals surface area contributed by atoms with Crippen molar-refractivity contribution < 1.29 is 19.7 Å². The van der Waals surface area contributed by atoms with Crippen LogP contribution in [0.4, 0.5) is 11.4 Å². The highest BCUT2D eigenvalue weighted by molar-refractivity contribution is 5.86. The summed E-state index contributed by atoms with van der Waals surface area (Å²) in [6.45, 7) is 1.27. The third kappa shape index (κ3) is 3.73. The highest BCUT2D eigenvalue weighted by Crippen LogP contribution is 2.23. The van der Waals surface area contributed by atoms with E-state index >= 15 is 0 Å². The summed E-state index contributed by atoms with van der Waals surface area (Å²) >= 11 is 0.